The molecule has 0 unspecified atom stereocenters. The fourth-order valence-electron chi connectivity index (χ4n) is 3.93. The monoisotopic (exact) mass is 348 g/mol. The minimum atomic E-state index is 0.406. The predicted octanol–water partition coefficient (Wildman–Crippen LogP) is 3.33. The van der Waals surface area contributed by atoms with Gasteiger partial charge in [-0.05, 0) is 17.7 Å². The fourth-order valence-corrected chi connectivity index (χ4v) is 3.93. The molecular weight excluding hydrogens is 324 g/mol. The zero-order valence-corrected chi connectivity index (χ0v) is 15.0. The van der Waals surface area contributed by atoms with Crippen molar-refractivity contribution in [2.24, 2.45) is 5.92 Å². The summed E-state index contributed by atoms with van der Waals surface area (Å²) in [4.78, 5) is 7.08. The standard InChI is InChI=1S/C21H24N4O/c1-26-15-18-13-25(14-19(18)20-9-5-6-10-22-20)12-17-11-23-24-21(17)16-7-3-2-4-8-16/h2-11,18-19H,12-15H2,1H3,(H,23,24)/t18-,19+/m0/s1. The van der Waals surface area contributed by atoms with E-state index < -0.39 is 0 Å². The highest BCUT2D eigenvalue weighted by atomic mass is 16.5. The predicted molar refractivity (Wildman–Crippen MR) is 102 cm³/mol. The molecule has 0 amide bonds. The minimum Gasteiger partial charge on any atom is -0.384 e. The Morgan fingerprint density at radius 2 is 1.96 bits per heavy atom. The van der Waals surface area contributed by atoms with Crippen LogP contribution < -0.4 is 0 Å². The third kappa shape index (κ3) is 3.54. The van der Waals surface area contributed by atoms with Gasteiger partial charge in [-0.3, -0.25) is 15.0 Å². The highest BCUT2D eigenvalue weighted by molar-refractivity contribution is 5.62. The number of benzene rings is 1. The Hall–Kier alpha value is -2.50. The van der Waals surface area contributed by atoms with Crippen LogP contribution in [0.25, 0.3) is 11.3 Å². The molecule has 1 fully saturated rings. The maximum atomic E-state index is 5.48. The number of likely N-dealkylation sites (tertiary alicyclic amines) is 1. The molecule has 1 aliphatic heterocycles. The van der Waals surface area contributed by atoms with Crippen LogP contribution in [0.4, 0.5) is 0 Å². The summed E-state index contributed by atoms with van der Waals surface area (Å²) in [6.07, 6.45) is 3.83. The average molecular weight is 348 g/mol. The Kier molecular flexibility index (Phi) is 5.09. The molecule has 0 radical (unpaired) electrons. The Morgan fingerprint density at radius 1 is 1.12 bits per heavy atom. The summed E-state index contributed by atoms with van der Waals surface area (Å²) in [7, 11) is 1.78. The molecule has 1 aliphatic rings. The lowest BCUT2D eigenvalue weighted by Crippen LogP contribution is -2.21. The number of rotatable bonds is 6. The first-order chi connectivity index (χ1) is 12.8. The molecule has 26 heavy (non-hydrogen) atoms. The molecule has 4 rings (SSSR count). The third-order valence-corrected chi connectivity index (χ3v) is 5.14. The second-order valence-electron chi connectivity index (χ2n) is 6.91. The van der Waals surface area contributed by atoms with Crippen molar-refractivity contribution in [1.29, 1.82) is 0 Å². The average Bonchev–Trinajstić information content (AvgIpc) is 3.31. The number of aromatic amines is 1. The normalized spacial score (nSPS) is 20.5. The molecule has 1 saturated heterocycles. The van der Waals surface area contributed by atoms with Crippen LogP contribution in [0.3, 0.4) is 0 Å². The van der Waals surface area contributed by atoms with Gasteiger partial charge in [0, 0.05) is 56.0 Å². The first-order valence-electron chi connectivity index (χ1n) is 9.05. The van der Waals surface area contributed by atoms with E-state index in [-0.39, 0.29) is 0 Å². The number of pyridine rings is 1. The zero-order chi connectivity index (χ0) is 17.8. The van der Waals surface area contributed by atoms with Crippen molar-refractivity contribution in [1.82, 2.24) is 20.1 Å². The number of aromatic nitrogens is 3. The van der Waals surface area contributed by atoms with Gasteiger partial charge in [0.1, 0.15) is 0 Å². The van der Waals surface area contributed by atoms with Crippen molar-refractivity contribution >= 4 is 0 Å². The molecule has 5 nitrogen and oxygen atoms in total. The van der Waals surface area contributed by atoms with Crippen LogP contribution >= 0.6 is 0 Å². The number of hydrogen-bond donors (Lipinski definition) is 1. The van der Waals surface area contributed by atoms with Crippen molar-refractivity contribution in [2.75, 3.05) is 26.8 Å². The van der Waals surface area contributed by atoms with Crippen LogP contribution in [0.1, 0.15) is 17.2 Å². The fraction of sp³-hybridized carbons (Fsp3) is 0.333. The van der Waals surface area contributed by atoms with Gasteiger partial charge >= 0.3 is 0 Å². The number of methoxy groups -OCH3 is 1. The topological polar surface area (TPSA) is 54.0 Å². The molecule has 0 saturated carbocycles. The maximum Gasteiger partial charge on any atom is 0.0695 e. The lowest BCUT2D eigenvalue weighted by atomic mass is 9.93. The van der Waals surface area contributed by atoms with Crippen molar-refractivity contribution in [3.63, 3.8) is 0 Å². The van der Waals surface area contributed by atoms with Crippen molar-refractivity contribution in [3.8, 4) is 11.3 Å². The molecule has 1 aromatic carbocycles. The Bertz CT molecular complexity index is 818. The molecule has 2 atom stereocenters. The van der Waals surface area contributed by atoms with Crippen molar-refractivity contribution < 1.29 is 4.74 Å². The lowest BCUT2D eigenvalue weighted by molar-refractivity contribution is 0.147. The van der Waals surface area contributed by atoms with Gasteiger partial charge in [-0.2, -0.15) is 5.10 Å². The van der Waals surface area contributed by atoms with E-state index in [0.717, 1.165) is 37.6 Å². The van der Waals surface area contributed by atoms with E-state index in [2.05, 4.69) is 56.5 Å². The van der Waals surface area contributed by atoms with Crippen LogP contribution in [0.5, 0.6) is 0 Å². The summed E-state index contributed by atoms with van der Waals surface area (Å²) >= 11 is 0. The molecule has 3 aromatic rings. The van der Waals surface area contributed by atoms with Gasteiger partial charge in [-0.25, -0.2) is 0 Å². The highest BCUT2D eigenvalue weighted by Gasteiger charge is 2.34. The van der Waals surface area contributed by atoms with Crippen LogP contribution in [-0.4, -0.2) is 46.9 Å². The number of nitrogens with zero attached hydrogens (tertiary/aromatic N) is 3. The number of hydrogen-bond acceptors (Lipinski definition) is 4. The third-order valence-electron chi connectivity index (χ3n) is 5.14. The van der Waals surface area contributed by atoms with Gasteiger partial charge in [0.05, 0.1) is 18.5 Å². The number of ether oxygens (including phenoxy) is 1. The molecule has 0 spiro atoms. The zero-order valence-electron chi connectivity index (χ0n) is 15.0. The molecule has 134 valence electrons. The van der Waals surface area contributed by atoms with Gasteiger partial charge in [0.15, 0.2) is 0 Å². The van der Waals surface area contributed by atoms with E-state index in [4.69, 9.17) is 4.74 Å². The van der Waals surface area contributed by atoms with Gasteiger partial charge in [-0.15, -0.1) is 0 Å². The smallest absolute Gasteiger partial charge is 0.0695 e. The molecule has 0 aliphatic carbocycles. The first-order valence-corrected chi connectivity index (χ1v) is 9.05. The molecule has 5 heteroatoms. The Labute approximate surface area is 154 Å². The van der Waals surface area contributed by atoms with E-state index >= 15 is 0 Å². The number of H-pyrrole nitrogens is 1. The highest BCUT2D eigenvalue weighted by Crippen LogP contribution is 2.33. The van der Waals surface area contributed by atoms with Gasteiger partial charge in [-0.1, -0.05) is 36.4 Å². The Balaban J connectivity index is 1.52. The maximum absolute atomic E-state index is 5.48. The second-order valence-corrected chi connectivity index (χ2v) is 6.91. The van der Waals surface area contributed by atoms with Crippen LogP contribution in [0.2, 0.25) is 0 Å². The van der Waals surface area contributed by atoms with E-state index in [0.29, 0.717) is 11.8 Å². The number of nitrogens with one attached hydrogen (secondary N) is 1. The van der Waals surface area contributed by atoms with E-state index in [1.54, 1.807) is 7.11 Å². The van der Waals surface area contributed by atoms with Crippen LogP contribution in [0.15, 0.2) is 60.9 Å². The van der Waals surface area contributed by atoms with E-state index in [1.807, 2.05) is 24.5 Å². The quantitative estimate of drug-likeness (QED) is 0.742. The van der Waals surface area contributed by atoms with Crippen molar-refractivity contribution in [2.45, 2.75) is 12.5 Å². The molecular formula is C21H24N4O. The molecule has 0 bridgehead atoms. The lowest BCUT2D eigenvalue weighted by Gasteiger charge is -2.16. The summed E-state index contributed by atoms with van der Waals surface area (Å²) in [5, 5.41) is 7.45. The van der Waals surface area contributed by atoms with Crippen LogP contribution in [0, 0.1) is 5.92 Å². The van der Waals surface area contributed by atoms with Crippen molar-refractivity contribution in [3.05, 3.63) is 72.2 Å². The SMILES string of the molecule is COC[C@@H]1CN(Cc2cn[nH]c2-c2ccccc2)C[C@H]1c1ccccn1. The summed E-state index contributed by atoms with van der Waals surface area (Å²) in [5.41, 5.74) is 4.67. The second kappa shape index (κ2) is 7.81. The van der Waals surface area contributed by atoms with E-state index in [1.165, 1.54) is 11.1 Å². The van der Waals surface area contributed by atoms with Gasteiger partial charge in [0.2, 0.25) is 0 Å². The largest absolute Gasteiger partial charge is 0.384 e. The van der Waals surface area contributed by atoms with Gasteiger partial charge < -0.3 is 4.74 Å². The summed E-state index contributed by atoms with van der Waals surface area (Å²) in [6.45, 7) is 3.64. The van der Waals surface area contributed by atoms with Gasteiger partial charge in [0.25, 0.3) is 0 Å². The molecule has 1 N–H and O–H groups in total. The van der Waals surface area contributed by atoms with E-state index in [9.17, 15) is 0 Å². The van der Waals surface area contributed by atoms with Crippen LogP contribution in [-0.2, 0) is 11.3 Å². The minimum absolute atomic E-state index is 0.406. The molecule has 2 aromatic heterocycles. The molecule has 3 heterocycles. The summed E-state index contributed by atoms with van der Waals surface area (Å²) < 4.78 is 5.48. The Morgan fingerprint density at radius 3 is 2.73 bits per heavy atom. The summed E-state index contributed by atoms with van der Waals surface area (Å²) in [6, 6.07) is 16.5. The first kappa shape index (κ1) is 16.9. The summed E-state index contributed by atoms with van der Waals surface area (Å²) in [5.74, 6) is 0.866.